The van der Waals surface area contributed by atoms with Crippen molar-refractivity contribution in [3.05, 3.63) is 51.2 Å². The Labute approximate surface area is 118 Å². The number of carboxylic acids is 1. The third-order valence-electron chi connectivity index (χ3n) is 2.84. The standard InChI is InChI=1S/C14H13F2NO2S/c1-7-3-4-12(20-7)8(2)17-13-10(15)5-9(14(18)19)6-11(13)16/h3-6,8,17H,1-2H3,(H,18,19). The first kappa shape index (κ1) is 14.5. The van der Waals surface area contributed by atoms with E-state index in [9.17, 15) is 13.6 Å². The zero-order valence-electron chi connectivity index (χ0n) is 10.9. The Morgan fingerprint density at radius 1 is 1.30 bits per heavy atom. The molecule has 0 spiro atoms. The predicted molar refractivity (Wildman–Crippen MR) is 74.4 cm³/mol. The maximum absolute atomic E-state index is 13.8. The third-order valence-corrected chi connectivity index (χ3v) is 4.02. The molecule has 20 heavy (non-hydrogen) atoms. The average Bonchev–Trinajstić information content (AvgIpc) is 2.80. The molecule has 106 valence electrons. The van der Waals surface area contributed by atoms with E-state index in [-0.39, 0.29) is 11.7 Å². The first-order valence-corrected chi connectivity index (χ1v) is 6.75. The summed E-state index contributed by atoms with van der Waals surface area (Å²) in [5.41, 5.74) is -0.723. The molecular formula is C14H13F2NO2S. The van der Waals surface area contributed by atoms with Gasteiger partial charge in [-0.2, -0.15) is 0 Å². The number of rotatable bonds is 4. The fraction of sp³-hybridized carbons (Fsp3) is 0.214. The number of carbonyl (C=O) groups is 1. The van der Waals surface area contributed by atoms with E-state index in [1.807, 2.05) is 19.1 Å². The lowest BCUT2D eigenvalue weighted by atomic mass is 10.1. The molecule has 1 aromatic heterocycles. The van der Waals surface area contributed by atoms with E-state index in [4.69, 9.17) is 5.11 Å². The summed E-state index contributed by atoms with van der Waals surface area (Å²) in [5.74, 6) is -3.19. The molecule has 0 amide bonds. The molecule has 6 heteroatoms. The number of nitrogens with one attached hydrogen (secondary N) is 1. The van der Waals surface area contributed by atoms with E-state index >= 15 is 0 Å². The number of aryl methyl sites for hydroxylation is 1. The SMILES string of the molecule is Cc1ccc(C(C)Nc2c(F)cc(C(=O)O)cc2F)s1. The van der Waals surface area contributed by atoms with Crippen LogP contribution in [0.3, 0.4) is 0 Å². The van der Waals surface area contributed by atoms with Crippen LogP contribution in [0.25, 0.3) is 0 Å². The lowest BCUT2D eigenvalue weighted by Crippen LogP contribution is -2.10. The van der Waals surface area contributed by atoms with Crippen LogP contribution in [0, 0.1) is 18.6 Å². The van der Waals surface area contributed by atoms with Gasteiger partial charge in [0.25, 0.3) is 0 Å². The van der Waals surface area contributed by atoms with Crippen LogP contribution in [0.15, 0.2) is 24.3 Å². The van der Waals surface area contributed by atoms with Crippen LogP contribution in [0.4, 0.5) is 14.5 Å². The molecule has 0 bridgehead atoms. The smallest absolute Gasteiger partial charge is 0.335 e. The van der Waals surface area contributed by atoms with Gasteiger partial charge in [-0.15, -0.1) is 11.3 Å². The highest BCUT2D eigenvalue weighted by Crippen LogP contribution is 2.29. The van der Waals surface area contributed by atoms with Crippen LogP contribution in [0.1, 0.15) is 33.1 Å². The van der Waals surface area contributed by atoms with Gasteiger partial charge in [0.2, 0.25) is 0 Å². The van der Waals surface area contributed by atoms with Gasteiger partial charge in [-0.25, -0.2) is 13.6 Å². The highest BCUT2D eigenvalue weighted by atomic mass is 32.1. The largest absolute Gasteiger partial charge is 0.478 e. The van der Waals surface area contributed by atoms with Crippen molar-refractivity contribution < 1.29 is 18.7 Å². The van der Waals surface area contributed by atoms with E-state index in [0.717, 1.165) is 21.9 Å². The lowest BCUT2D eigenvalue weighted by molar-refractivity contribution is 0.0696. The van der Waals surface area contributed by atoms with E-state index in [0.29, 0.717) is 0 Å². The van der Waals surface area contributed by atoms with Gasteiger partial charge in [0.05, 0.1) is 11.6 Å². The average molecular weight is 297 g/mol. The minimum atomic E-state index is -1.36. The lowest BCUT2D eigenvalue weighted by Gasteiger charge is -2.15. The fourth-order valence-electron chi connectivity index (χ4n) is 1.81. The zero-order chi connectivity index (χ0) is 14.9. The van der Waals surface area contributed by atoms with Crippen LogP contribution in [0.5, 0.6) is 0 Å². The third kappa shape index (κ3) is 2.96. The molecule has 0 aliphatic rings. The summed E-state index contributed by atoms with van der Waals surface area (Å²) >= 11 is 1.53. The van der Waals surface area contributed by atoms with Crippen molar-refractivity contribution in [2.75, 3.05) is 5.32 Å². The van der Waals surface area contributed by atoms with E-state index < -0.39 is 23.2 Å². The summed E-state index contributed by atoms with van der Waals surface area (Å²) in [7, 11) is 0. The number of aromatic carboxylic acids is 1. The van der Waals surface area contributed by atoms with Gasteiger partial charge < -0.3 is 10.4 Å². The van der Waals surface area contributed by atoms with Crippen molar-refractivity contribution in [2.45, 2.75) is 19.9 Å². The summed E-state index contributed by atoms with van der Waals surface area (Å²) in [6.07, 6.45) is 0. The van der Waals surface area contributed by atoms with E-state index in [2.05, 4.69) is 5.32 Å². The summed E-state index contributed by atoms with van der Waals surface area (Å²) in [5, 5.41) is 11.5. The maximum atomic E-state index is 13.8. The Balaban J connectivity index is 2.27. The van der Waals surface area contributed by atoms with Crippen LogP contribution in [0.2, 0.25) is 0 Å². The second-order valence-electron chi connectivity index (χ2n) is 4.43. The minimum Gasteiger partial charge on any atom is -0.478 e. The number of hydrogen-bond acceptors (Lipinski definition) is 3. The quantitative estimate of drug-likeness (QED) is 0.889. The number of carboxylic acid groups (broad SMARTS) is 1. The first-order chi connectivity index (χ1) is 9.38. The van der Waals surface area contributed by atoms with Crippen molar-refractivity contribution in [1.29, 1.82) is 0 Å². The normalized spacial score (nSPS) is 12.2. The van der Waals surface area contributed by atoms with Crippen molar-refractivity contribution in [3.8, 4) is 0 Å². The topological polar surface area (TPSA) is 49.3 Å². The van der Waals surface area contributed by atoms with Crippen molar-refractivity contribution >= 4 is 23.0 Å². The molecule has 2 N–H and O–H groups in total. The molecule has 0 aliphatic heterocycles. The predicted octanol–water partition coefficient (Wildman–Crippen LogP) is 4.21. The summed E-state index contributed by atoms with van der Waals surface area (Å²) in [6, 6.07) is 5.16. The van der Waals surface area contributed by atoms with Gasteiger partial charge in [0.15, 0.2) is 0 Å². The van der Waals surface area contributed by atoms with Crippen molar-refractivity contribution in [2.24, 2.45) is 0 Å². The Kier molecular flexibility index (Phi) is 4.04. The number of benzene rings is 1. The molecule has 2 rings (SSSR count). The van der Waals surface area contributed by atoms with Crippen LogP contribution in [-0.4, -0.2) is 11.1 Å². The number of hydrogen-bond donors (Lipinski definition) is 2. The molecule has 3 nitrogen and oxygen atoms in total. The summed E-state index contributed by atoms with van der Waals surface area (Å²) in [6.45, 7) is 3.74. The maximum Gasteiger partial charge on any atom is 0.335 e. The highest BCUT2D eigenvalue weighted by Gasteiger charge is 2.17. The van der Waals surface area contributed by atoms with Gasteiger partial charge in [-0.05, 0) is 38.1 Å². The summed E-state index contributed by atoms with van der Waals surface area (Å²) in [4.78, 5) is 12.8. The molecule has 0 radical (unpaired) electrons. The molecule has 2 aromatic rings. The van der Waals surface area contributed by atoms with E-state index in [1.54, 1.807) is 6.92 Å². The van der Waals surface area contributed by atoms with Crippen molar-refractivity contribution in [3.63, 3.8) is 0 Å². The number of halogens is 2. The second kappa shape index (κ2) is 5.58. The molecule has 1 unspecified atom stereocenters. The fourth-order valence-corrected chi connectivity index (χ4v) is 2.69. The number of thiophene rings is 1. The van der Waals surface area contributed by atoms with E-state index in [1.165, 1.54) is 11.3 Å². The monoisotopic (exact) mass is 297 g/mol. The van der Waals surface area contributed by atoms with Crippen LogP contribution >= 0.6 is 11.3 Å². The minimum absolute atomic E-state index is 0.270. The molecule has 0 saturated heterocycles. The first-order valence-electron chi connectivity index (χ1n) is 5.93. The Morgan fingerprint density at radius 3 is 2.35 bits per heavy atom. The molecule has 1 atom stereocenters. The van der Waals surface area contributed by atoms with Gasteiger partial charge in [-0.1, -0.05) is 0 Å². The van der Waals surface area contributed by atoms with Crippen LogP contribution in [-0.2, 0) is 0 Å². The van der Waals surface area contributed by atoms with Crippen molar-refractivity contribution in [1.82, 2.24) is 0 Å². The highest BCUT2D eigenvalue weighted by molar-refractivity contribution is 7.12. The Morgan fingerprint density at radius 2 is 1.90 bits per heavy atom. The molecule has 1 heterocycles. The number of anilines is 1. The van der Waals surface area contributed by atoms with Gasteiger partial charge >= 0.3 is 5.97 Å². The zero-order valence-corrected chi connectivity index (χ0v) is 11.7. The molecular weight excluding hydrogens is 284 g/mol. The molecule has 0 aliphatic carbocycles. The molecule has 1 aromatic carbocycles. The van der Waals surface area contributed by atoms with Gasteiger partial charge in [0.1, 0.15) is 17.3 Å². The van der Waals surface area contributed by atoms with Gasteiger partial charge in [-0.3, -0.25) is 0 Å². The molecule has 0 saturated carbocycles. The summed E-state index contributed by atoms with van der Waals surface area (Å²) < 4.78 is 27.6. The van der Waals surface area contributed by atoms with Crippen LogP contribution < -0.4 is 5.32 Å². The van der Waals surface area contributed by atoms with Gasteiger partial charge in [0, 0.05) is 9.75 Å². The Hall–Kier alpha value is -1.95. The molecule has 0 fully saturated rings. The Bertz CT molecular complexity index is 631. The second-order valence-corrected chi connectivity index (χ2v) is 5.75.